The van der Waals surface area contributed by atoms with E-state index in [0.29, 0.717) is 30.4 Å². The van der Waals surface area contributed by atoms with Crippen LogP contribution in [0.1, 0.15) is 39.2 Å². The van der Waals surface area contributed by atoms with Crippen LogP contribution in [0, 0.1) is 5.92 Å². The Morgan fingerprint density at radius 2 is 2.04 bits per heavy atom. The quantitative estimate of drug-likeness (QED) is 0.876. The molecular formula is C20H26N2O4. The highest BCUT2D eigenvalue weighted by Gasteiger charge is 2.26. The molecule has 6 nitrogen and oxygen atoms in total. The number of benzene rings is 1. The van der Waals surface area contributed by atoms with Crippen LogP contribution in [0.5, 0.6) is 5.75 Å². The second-order valence-corrected chi connectivity index (χ2v) is 7.76. The van der Waals surface area contributed by atoms with Crippen LogP contribution in [-0.2, 0) is 9.53 Å². The van der Waals surface area contributed by atoms with E-state index in [-0.39, 0.29) is 18.6 Å². The number of carbonyl (C=O) groups excluding carboxylic acids is 2. The van der Waals surface area contributed by atoms with Gasteiger partial charge in [0.25, 0.3) is 5.91 Å². The van der Waals surface area contributed by atoms with Crippen LogP contribution in [0.25, 0.3) is 6.08 Å². The Kier molecular flexibility index (Phi) is 5.20. The van der Waals surface area contributed by atoms with Crippen LogP contribution in [0.2, 0.25) is 0 Å². The van der Waals surface area contributed by atoms with Crippen LogP contribution in [0.3, 0.4) is 0 Å². The topological polar surface area (TPSA) is 67.9 Å². The van der Waals surface area contributed by atoms with E-state index in [0.717, 1.165) is 18.4 Å². The van der Waals surface area contributed by atoms with E-state index >= 15 is 0 Å². The van der Waals surface area contributed by atoms with Crippen molar-refractivity contribution >= 4 is 23.8 Å². The van der Waals surface area contributed by atoms with E-state index in [1.54, 1.807) is 4.90 Å². The maximum atomic E-state index is 12.1. The molecule has 0 bridgehead atoms. The van der Waals surface area contributed by atoms with Crippen LogP contribution < -0.4 is 10.1 Å². The van der Waals surface area contributed by atoms with Gasteiger partial charge in [0.15, 0.2) is 6.61 Å². The van der Waals surface area contributed by atoms with Crippen LogP contribution in [-0.4, -0.2) is 42.2 Å². The number of amides is 2. The minimum atomic E-state index is -0.459. The van der Waals surface area contributed by atoms with E-state index in [1.165, 1.54) is 0 Å². The van der Waals surface area contributed by atoms with E-state index in [1.807, 2.05) is 39.0 Å². The molecule has 0 spiro atoms. The predicted molar refractivity (Wildman–Crippen MR) is 100 cm³/mol. The highest BCUT2D eigenvalue weighted by atomic mass is 16.6. The van der Waals surface area contributed by atoms with Crippen LogP contribution in [0.4, 0.5) is 10.5 Å². The summed E-state index contributed by atoms with van der Waals surface area (Å²) < 4.78 is 10.8. The molecule has 0 aromatic heterocycles. The number of nitrogens with one attached hydrogen (secondary N) is 1. The third-order valence-corrected chi connectivity index (χ3v) is 4.39. The lowest BCUT2D eigenvalue weighted by molar-refractivity contribution is -0.118. The number of likely N-dealkylation sites (tertiary alicyclic amines) is 1. The molecule has 2 amide bonds. The van der Waals surface area contributed by atoms with Crippen molar-refractivity contribution in [2.75, 3.05) is 25.0 Å². The Bertz CT molecular complexity index is 713. The zero-order chi connectivity index (χ0) is 18.7. The first kappa shape index (κ1) is 18.3. The predicted octanol–water partition coefficient (Wildman–Crippen LogP) is 3.68. The Morgan fingerprint density at radius 1 is 1.31 bits per heavy atom. The van der Waals surface area contributed by atoms with Gasteiger partial charge >= 0.3 is 6.09 Å². The third kappa shape index (κ3) is 4.77. The summed E-state index contributed by atoms with van der Waals surface area (Å²) in [5.74, 6) is 0.996. The van der Waals surface area contributed by atoms with Crippen molar-refractivity contribution in [3.8, 4) is 5.75 Å². The lowest BCUT2D eigenvalue weighted by atomic mass is 9.96. The number of ether oxygens (including phenoxy) is 2. The van der Waals surface area contributed by atoms with Crippen molar-refractivity contribution in [3.05, 3.63) is 29.8 Å². The van der Waals surface area contributed by atoms with Gasteiger partial charge in [0.2, 0.25) is 0 Å². The van der Waals surface area contributed by atoms with Crippen molar-refractivity contribution in [2.45, 2.75) is 39.2 Å². The molecule has 1 fully saturated rings. The largest absolute Gasteiger partial charge is 0.482 e. The number of hydrogen-bond acceptors (Lipinski definition) is 4. The lowest BCUT2D eigenvalue weighted by Crippen LogP contribution is -2.41. The van der Waals surface area contributed by atoms with E-state index in [4.69, 9.17) is 9.47 Å². The van der Waals surface area contributed by atoms with Crippen molar-refractivity contribution < 1.29 is 19.1 Å². The van der Waals surface area contributed by atoms with E-state index < -0.39 is 5.60 Å². The van der Waals surface area contributed by atoms with Crippen molar-refractivity contribution in [1.82, 2.24) is 4.90 Å². The molecule has 3 rings (SSSR count). The molecule has 1 aromatic rings. The highest BCUT2D eigenvalue weighted by Crippen LogP contribution is 2.29. The van der Waals surface area contributed by atoms with E-state index in [2.05, 4.69) is 17.5 Å². The fourth-order valence-electron chi connectivity index (χ4n) is 3.05. The van der Waals surface area contributed by atoms with Gasteiger partial charge in [-0.3, -0.25) is 4.79 Å². The van der Waals surface area contributed by atoms with E-state index in [9.17, 15) is 9.59 Å². The Labute approximate surface area is 154 Å². The Hall–Kier alpha value is -2.50. The van der Waals surface area contributed by atoms with Crippen LogP contribution in [0.15, 0.2) is 24.3 Å². The summed E-state index contributed by atoms with van der Waals surface area (Å²) in [4.78, 5) is 25.3. The SMILES string of the molecule is CC(C)(C)OC(=O)N1CCC(/C=C\c2ccc3c(c2)NC(=O)CO3)CC1. The standard InChI is InChI=1S/C20H26N2O4/c1-20(2,3)26-19(24)22-10-8-14(9-11-22)4-5-15-6-7-17-16(12-15)21-18(23)13-25-17/h4-7,12,14H,8-11,13H2,1-3H3,(H,21,23)/b5-4-. The molecule has 26 heavy (non-hydrogen) atoms. The summed E-state index contributed by atoms with van der Waals surface area (Å²) in [5.41, 5.74) is 1.27. The summed E-state index contributed by atoms with van der Waals surface area (Å²) >= 11 is 0. The minimum absolute atomic E-state index is 0.0679. The number of hydrogen-bond donors (Lipinski definition) is 1. The first-order chi connectivity index (χ1) is 12.3. The molecular weight excluding hydrogens is 332 g/mol. The lowest BCUT2D eigenvalue weighted by Gasteiger charge is -2.32. The number of allylic oxidation sites excluding steroid dienone is 1. The summed E-state index contributed by atoms with van der Waals surface area (Å²) in [6.07, 6.45) is 5.85. The molecule has 0 atom stereocenters. The van der Waals surface area contributed by atoms with Crippen molar-refractivity contribution in [2.24, 2.45) is 5.92 Å². The molecule has 6 heteroatoms. The maximum Gasteiger partial charge on any atom is 0.410 e. The van der Waals surface area contributed by atoms with Gasteiger partial charge in [0.05, 0.1) is 5.69 Å². The number of nitrogens with zero attached hydrogens (tertiary/aromatic N) is 1. The molecule has 1 saturated heterocycles. The molecule has 0 radical (unpaired) electrons. The number of carbonyl (C=O) groups is 2. The first-order valence-corrected chi connectivity index (χ1v) is 9.03. The van der Waals surface area contributed by atoms with Crippen molar-refractivity contribution in [1.29, 1.82) is 0 Å². The average molecular weight is 358 g/mol. The van der Waals surface area contributed by atoms with Gasteiger partial charge in [0, 0.05) is 13.1 Å². The van der Waals surface area contributed by atoms with Gasteiger partial charge < -0.3 is 19.7 Å². The highest BCUT2D eigenvalue weighted by molar-refractivity contribution is 5.95. The van der Waals surface area contributed by atoms with Gasteiger partial charge in [-0.05, 0) is 57.2 Å². The Morgan fingerprint density at radius 3 is 2.73 bits per heavy atom. The molecule has 0 saturated carbocycles. The van der Waals surface area contributed by atoms with Crippen molar-refractivity contribution in [3.63, 3.8) is 0 Å². The number of fused-ring (bicyclic) bond motifs is 1. The molecule has 0 aliphatic carbocycles. The molecule has 2 aliphatic rings. The van der Waals surface area contributed by atoms with Crippen LogP contribution >= 0.6 is 0 Å². The summed E-state index contributed by atoms with van der Waals surface area (Å²) in [6, 6.07) is 5.76. The zero-order valence-corrected chi connectivity index (χ0v) is 15.6. The maximum absolute atomic E-state index is 12.1. The van der Waals surface area contributed by atoms with Gasteiger partial charge in [-0.15, -0.1) is 0 Å². The van der Waals surface area contributed by atoms with Gasteiger partial charge in [-0.2, -0.15) is 0 Å². The second kappa shape index (κ2) is 7.40. The zero-order valence-electron chi connectivity index (χ0n) is 15.6. The van der Waals surface area contributed by atoms with Gasteiger partial charge in [0.1, 0.15) is 11.4 Å². The Balaban J connectivity index is 1.54. The molecule has 1 aromatic carbocycles. The fourth-order valence-corrected chi connectivity index (χ4v) is 3.05. The molecule has 2 heterocycles. The molecule has 0 unspecified atom stereocenters. The van der Waals surface area contributed by atoms with Gasteiger partial charge in [-0.1, -0.05) is 18.2 Å². The smallest absolute Gasteiger partial charge is 0.410 e. The second-order valence-electron chi connectivity index (χ2n) is 7.76. The third-order valence-electron chi connectivity index (χ3n) is 4.39. The summed E-state index contributed by atoms with van der Waals surface area (Å²) in [6.45, 7) is 7.12. The summed E-state index contributed by atoms with van der Waals surface area (Å²) in [5, 5.41) is 2.82. The minimum Gasteiger partial charge on any atom is -0.482 e. The average Bonchev–Trinajstić information content (AvgIpc) is 2.58. The summed E-state index contributed by atoms with van der Waals surface area (Å²) in [7, 11) is 0. The van der Waals surface area contributed by atoms with Gasteiger partial charge in [-0.25, -0.2) is 4.79 Å². The normalized spacial score (nSPS) is 18.3. The molecule has 140 valence electrons. The number of anilines is 1. The number of rotatable bonds is 2. The fraction of sp³-hybridized carbons (Fsp3) is 0.500. The monoisotopic (exact) mass is 358 g/mol. The molecule has 2 aliphatic heterocycles. The number of piperidine rings is 1. The first-order valence-electron chi connectivity index (χ1n) is 9.03. The molecule has 1 N–H and O–H groups in total.